The predicted octanol–water partition coefficient (Wildman–Crippen LogP) is 5.60. The fraction of sp³-hybridized carbons (Fsp3) is 0.333. The van der Waals surface area contributed by atoms with Gasteiger partial charge in [-0.1, -0.05) is 68.3 Å². The van der Waals surface area contributed by atoms with E-state index in [1.54, 1.807) is 24.7 Å². The first-order chi connectivity index (χ1) is 19.5. The molecule has 0 bridgehead atoms. The van der Waals surface area contributed by atoms with Crippen molar-refractivity contribution in [2.24, 2.45) is 0 Å². The second kappa shape index (κ2) is 12.2. The van der Waals surface area contributed by atoms with Crippen LogP contribution in [0.5, 0.6) is 0 Å². The van der Waals surface area contributed by atoms with E-state index in [1.165, 1.54) is 0 Å². The van der Waals surface area contributed by atoms with Crippen molar-refractivity contribution < 1.29 is 9.59 Å². The molecule has 3 aromatic carbocycles. The molecule has 2 atom stereocenters. The standard InChI is InChI=1S/C33H35N5O2/c1-3-4-10-28-22-36(33(40)30-12-7-9-27-8-5-6-11-29(27)30)17-18-38(28)32(39)24(2)31-20-35-23-37(31)21-26-15-13-25(19-34)14-16-26/h5-9,11-16,20,23-24,28H,3-4,10,17-18,21-22H2,1-2H3. The summed E-state index contributed by atoms with van der Waals surface area (Å²) in [5, 5.41) is 11.1. The Bertz CT molecular complexity index is 1530. The number of piperazine rings is 1. The summed E-state index contributed by atoms with van der Waals surface area (Å²) >= 11 is 0. The van der Waals surface area contributed by atoms with Crippen LogP contribution in [0.3, 0.4) is 0 Å². The van der Waals surface area contributed by atoms with Crippen LogP contribution in [0, 0.1) is 11.3 Å². The number of benzene rings is 3. The highest BCUT2D eigenvalue weighted by Gasteiger charge is 2.35. The topological polar surface area (TPSA) is 82.2 Å². The number of nitriles is 1. The van der Waals surface area contributed by atoms with Crippen LogP contribution in [0.25, 0.3) is 10.8 Å². The molecule has 0 spiro atoms. The Morgan fingerprint density at radius 1 is 1.05 bits per heavy atom. The van der Waals surface area contributed by atoms with Crippen molar-refractivity contribution in [1.82, 2.24) is 19.4 Å². The Kier molecular flexibility index (Phi) is 8.26. The van der Waals surface area contributed by atoms with E-state index >= 15 is 0 Å². The van der Waals surface area contributed by atoms with E-state index in [4.69, 9.17) is 5.26 Å². The third-order valence-corrected chi connectivity index (χ3v) is 7.96. The van der Waals surface area contributed by atoms with Crippen molar-refractivity contribution >= 4 is 22.6 Å². The summed E-state index contributed by atoms with van der Waals surface area (Å²) in [5.74, 6) is -0.274. The highest BCUT2D eigenvalue weighted by Crippen LogP contribution is 2.26. The Morgan fingerprint density at radius 2 is 1.82 bits per heavy atom. The molecule has 2 unspecified atom stereocenters. The van der Waals surface area contributed by atoms with Gasteiger partial charge in [0, 0.05) is 49.7 Å². The first kappa shape index (κ1) is 27.1. The molecule has 7 nitrogen and oxygen atoms in total. The van der Waals surface area contributed by atoms with Crippen LogP contribution in [-0.2, 0) is 11.3 Å². The molecule has 1 saturated heterocycles. The van der Waals surface area contributed by atoms with Gasteiger partial charge in [0.2, 0.25) is 5.91 Å². The van der Waals surface area contributed by atoms with E-state index in [-0.39, 0.29) is 23.8 Å². The SMILES string of the molecule is CCCCC1CN(C(=O)c2cccc3ccccc23)CCN1C(=O)C(C)c1cncn1Cc1ccc(C#N)cc1. The lowest BCUT2D eigenvalue weighted by atomic mass is 9.99. The number of hydrogen-bond acceptors (Lipinski definition) is 4. The number of fused-ring (bicyclic) bond motifs is 1. The number of aromatic nitrogens is 2. The van der Waals surface area contributed by atoms with Gasteiger partial charge in [-0.25, -0.2) is 4.98 Å². The minimum atomic E-state index is -0.370. The first-order valence-electron chi connectivity index (χ1n) is 14.1. The third kappa shape index (κ3) is 5.62. The van der Waals surface area contributed by atoms with Gasteiger partial charge in [-0.2, -0.15) is 5.26 Å². The van der Waals surface area contributed by atoms with Crippen LogP contribution in [-0.4, -0.2) is 56.8 Å². The summed E-state index contributed by atoms with van der Waals surface area (Å²) in [5.41, 5.74) is 3.23. The summed E-state index contributed by atoms with van der Waals surface area (Å²) in [7, 11) is 0. The Morgan fingerprint density at radius 3 is 2.60 bits per heavy atom. The maximum absolute atomic E-state index is 13.9. The van der Waals surface area contributed by atoms with Gasteiger partial charge in [0.1, 0.15) is 0 Å². The van der Waals surface area contributed by atoms with Crippen molar-refractivity contribution in [3.05, 3.63) is 102 Å². The summed E-state index contributed by atoms with van der Waals surface area (Å²) in [4.78, 5) is 35.9. The number of imidazole rings is 1. The molecule has 4 aromatic rings. The second-order valence-corrected chi connectivity index (χ2v) is 10.6. The highest BCUT2D eigenvalue weighted by molar-refractivity contribution is 6.07. The van der Waals surface area contributed by atoms with Crippen molar-refractivity contribution in [2.45, 2.75) is 51.6 Å². The number of carbonyl (C=O) groups is 2. The van der Waals surface area contributed by atoms with Gasteiger partial charge in [0.05, 0.1) is 23.9 Å². The molecule has 40 heavy (non-hydrogen) atoms. The lowest BCUT2D eigenvalue weighted by molar-refractivity contribution is -0.137. The largest absolute Gasteiger partial charge is 0.336 e. The van der Waals surface area contributed by atoms with Crippen LogP contribution >= 0.6 is 0 Å². The van der Waals surface area contributed by atoms with Crippen molar-refractivity contribution in [2.75, 3.05) is 19.6 Å². The fourth-order valence-electron chi connectivity index (χ4n) is 5.68. The summed E-state index contributed by atoms with van der Waals surface area (Å²) in [6.07, 6.45) is 6.41. The van der Waals surface area contributed by atoms with Gasteiger partial charge in [-0.15, -0.1) is 0 Å². The van der Waals surface area contributed by atoms with E-state index in [9.17, 15) is 9.59 Å². The minimum Gasteiger partial charge on any atom is -0.336 e. The van der Waals surface area contributed by atoms with Crippen LogP contribution in [0.2, 0.25) is 0 Å². The van der Waals surface area contributed by atoms with E-state index < -0.39 is 0 Å². The number of amides is 2. The van der Waals surface area contributed by atoms with Gasteiger partial charge in [0.25, 0.3) is 5.91 Å². The molecule has 1 aromatic heterocycles. The molecular formula is C33H35N5O2. The molecule has 204 valence electrons. The summed E-state index contributed by atoms with van der Waals surface area (Å²) in [6.45, 7) is 6.22. The van der Waals surface area contributed by atoms with Gasteiger partial charge in [-0.3, -0.25) is 9.59 Å². The molecule has 7 heteroatoms. The zero-order valence-electron chi connectivity index (χ0n) is 23.2. The third-order valence-electron chi connectivity index (χ3n) is 7.96. The van der Waals surface area contributed by atoms with E-state index in [0.717, 1.165) is 41.3 Å². The number of rotatable bonds is 8. The molecule has 5 rings (SSSR count). The number of hydrogen-bond donors (Lipinski definition) is 0. The molecule has 2 heterocycles. The molecule has 1 fully saturated rings. The quantitative estimate of drug-likeness (QED) is 0.295. The Hall–Kier alpha value is -4.44. The molecule has 1 aliphatic heterocycles. The van der Waals surface area contributed by atoms with Crippen LogP contribution < -0.4 is 0 Å². The molecule has 0 aliphatic carbocycles. The molecular weight excluding hydrogens is 498 g/mol. The normalized spacial score (nSPS) is 16.1. The lowest BCUT2D eigenvalue weighted by Crippen LogP contribution is -2.57. The van der Waals surface area contributed by atoms with Gasteiger partial charge >= 0.3 is 0 Å². The van der Waals surface area contributed by atoms with Crippen molar-refractivity contribution in [3.8, 4) is 6.07 Å². The highest BCUT2D eigenvalue weighted by atomic mass is 16.2. The van der Waals surface area contributed by atoms with Crippen LogP contribution in [0.4, 0.5) is 0 Å². The van der Waals surface area contributed by atoms with Crippen LogP contribution in [0.1, 0.15) is 66.2 Å². The molecule has 2 amide bonds. The number of unbranched alkanes of at least 4 members (excludes halogenated alkanes) is 1. The lowest BCUT2D eigenvalue weighted by Gasteiger charge is -2.42. The summed E-state index contributed by atoms with van der Waals surface area (Å²) < 4.78 is 2.01. The number of nitrogens with zero attached hydrogens (tertiary/aromatic N) is 5. The zero-order valence-corrected chi connectivity index (χ0v) is 23.2. The van der Waals surface area contributed by atoms with E-state index in [2.05, 4.69) is 18.0 Å². The van der Waals surface area contributed by atoms with Crippen LogP contribution in [0.15, 0.2) is 79.3 Å². The van der Waals surface area contributed by atoms with Crippen molar-refractivity contribution in [1.29, 1.82) is 5.26 Å². The smallest absolute Gasteiger partial charge is 0.254 e. The van der Waals surface area contributed by atoms with Gasteiger partial charge in [-0.05, 0) is 47.9 Å². The van der Waals surface area contributed by atoms with Gasteiger partial charge < -0.3 is 14.4 Å². The maximum atomic E-state index is 13.9. The maximum Gasteiger partial charge on any atom is 0.254 e. The number of carbonyl (C=O) groups excluding carboxylic acids is 2. The van der Waals surface area contributed by atoms with Crippen molar-refractivity contribution in [3.63, 3.8) is 0 Å². The molecule has 0 saturated carbocycles. The molecule has 1 aliphatic rings. The Balaban J connectivity index is 1.32. The fourth-order valence-corrected chi connectivity index (χ4v) is 5.68. The Labute approximate surface area is 235 Å². The molecule has 0 radical (unpaired) electrons. The average Bonchev–Trinajstić information content (AvgIpc) is 3.46. The second-order valence-electron chi connectivity index (χ2n) is 10.6. The summed E-state index contributed by atoms with van der Waals surface area (Å²) in [6, 6.07) is 23.4. The van der Waals surface area contributed by atoms with E-state index in [1.807, 2.05) is 75.9 Å². The monoisotopic (exact) mass is 533 g/mol. The van der Waals surface area contributed by atoms with Gasteiger partial charge in [0.15, 0.2) is 0 Å². The average molecular weight is 534 g/mol. The zero-order chi connectivity index (χ0) is 28.1. The van der Waals surface area contributed by atoms with E-state index in [0.29, 0.717) is 37.3 Å². The first-order valence-corrected chi connectivity index (χ1v) is 14.1. The minimum absolute atomic E-state index is 0.0268. The predicted molar refractivity (Wildman–Crippen MR) is 156 cm³/mol. The molecule has 0 N–H and O–H groups in total.